The highest BCUT2D eigenvalue weighted by Gasteiger charge is 2.12. The van der Waals surface area contributed by atoms with Gasteiger partial charge in [-0.25, -0.2) is 0 Å². The summed E-state index contributed by atoms with van der Waals surface area (Å²) in [5, 5.41) is 27.6. The van der Waals surface area contributed by atoms with E-state index in [9.17, 15) is 10.2 Å². The second-order valence-corrected chi connectivity index (χ2v) is 2.70. The Morgan fingerprint density at radius 1 is 1.23 bits per heavy atom. The standard InChI is InChI=1S/C8H8ClNO3/c1-4(10-9)8-6(12)2-5(11)3-7(8)13/h2-3,11-13H,1H3/b10-4+. The van der Waals surface area contributed by atoms with Gasteiger partial charge < -0.3 is 15.3 Å². The number of nitrogens with zero attached hydrogens (tertiary/aromatic N) is 1. The lowest BCUT2D eigenvalue weighted by molar-refractivity contribution is 0.426. The average Bonchev–Trinajstić information content (AvgIpc) is 2.02. The Labute approximate surface area is 79.9 Å². The maximum absolute atomic E-state index is 9.31. The summed E-state index contributed by atoms with van der Waals surface area (Å²) in [5.74, 6) is -0.750. The lowest BCUT2D eigenvalue weighted by Crippen LogP contribution is -1.94. The predicted molar refractivity (Wildman–Crippen MR) is 49.5 cm³/mol. The predicted octanol–water partition coefficient (Wildman–Crippen LogP) is 1.77. The molecule has 13 heavy (non-hydrogen) atoms. The van der Waals surface area contributed by atoms with E-state index in [-0.39, 0.29) is 28.5 Å². The Morgan fingerprint density at radius 2 is 1.69 bits per heavy atom. The maximum Gasteiger partial charge on any atom is 0.132 e. The van der Waals surface area contributed by atoms with Crippen LogP contribution in [0.1, 0.15) is 12.5 Å². The molecule has 0 bridgehead atoms. The van der Waals surface area contributed by atoms with Crippen molar-refractivity contribution in [3.8, 4) is 17.2 Å². The van der Waals surface area contributed by atoms with Gasteiger partial charge in [-0.1, -0.05) is 0 Å². The fourth-order valence-electron chi connectivity index (χ4n) is 1.01. The summed E-state index contributed by atoms with van der Waals surface area (Å²) in [4.78, 5) is 0. The molecule has 4 nitrogen and oxygen atoms in total. The molecule has 0 saturated heterocycles. The Bertz CT molecular complexity index is 339. The third-order valence-corrected chi connectivity index (χ3v) is 1.82. The second-order valence-electron chi connectivity index (χ2n) is 2.53. The van der Waals surface area contributed by atoms with Gasteiger partial charge in [-0.3, -0.25) is 0 Å². The van der Waals surface area contributed by atoms with Gasteiger partial charge >= 0.3 is 0 Å². The van der Waals surface area contributed by atoms with Crippen LogP contribution < -0.4 is 0 Å². The minimum Gasteiger partial charge on any atom is -0.508 e. The lowest BCUT2D eigenvalue weighted by Gasteiger charge is -2.05. The van der Waals surface area contributed by atoms with Crippen molar-refractivity contribution in [2.24, 2.45) is 4.51 Å². The first-order chi connectivity index (χ1) is 6.06. The zero-order chi connectivity index (χ0) is 10.0. The number of hydrogen-bond donors (Lipinski definition) is 3. The number of phenols is 3. The van der Waals surface area contributed by atoms with Crippen molar-refractivity contribution in [3.63, 3.8) is 0 Å². The quantitative estimate of drug-likeness (QED) is 0.607. The highest BCUT2D eigenvalue weighted by Crippen LogP contribution is 2.32. The van der Waals surface area contributed by atoms with Gasteiger partial charge in [-0.15, -0.1) is 0 Å². The van der Waals surface area contributed by atoms with Crippen molar-refractivity contribution in [1.82, 2.24) is 0 Å². The number of rotatable bonds is 1. The van der Waals surface area contributed by atoms with Crippen LogP contribution in [0.15, 0.2) is 16.6 Å². The van der Waals surface area contributed by atoms with Gasteiger partial charge in [-0.05, 0) is 6.92 Å². The molecule has 1 aromatic rings. The van der Waals surface area contributed by atoms with E-state index < -0.39 is 0 Å². The van der Waals surface area contributed by atoms with Crippen molar-refractivity contribution in [1.29, 1.82) is 0 Å². The highest BCUT2D eigenvalue weighted by molar-refractivity contribution is 6.23. The third kappa shape index (κ3) is 1.84. The first kappa shape index (κ1) is 9.67. The maximum atomic E-state index is 9.31. The molecule has 0 aliphatic heterocycles. The molecular weight excluding hydrogens is 194 g/mol. The second kappa shape index (κ2) is 3.53. The summed E-state index contributed by atoms with van der Waals surface area (Å²) < 4.78 is 3.30. The molecule has 70 valence electrons. The Kier molecular flexibility index (Phi) is 2.63. The van der Waals surface area contributed by atoms with Gasteiger partial charge in [0.05, 0.1) is 11.3 Å². The highest BCUT2D eigenvalue weighted by atomic mass is 35.5. The molecule has 0 atom stereocenters. The average molecular weight is 202 g/mol. The summed E-state index contributed by atoms with van der Waals surface area (Å²) in [5.41, 5.74) is 0.393. The van der Waals surface area contributed by atoms with Gasteiger partial charge in [-0.2, -0.15) is 4.51 Å². The molecule has 0 radical (unpaired) electrons. The summed E-state index contributed by atoms with van der Waals surface area (Å²) in [7, 11) is 0. The van der Waals surface area contributed by atoms with Gasteiger partial charge in [0.2, 0.25) is 0 Å². The van der Waals surface area contributed by atoms with Crippen LogP contribution in [0.2, 0.25) is 0 Å². The fourth-order valence-corrected chi connectivity index (χ4v) is 1.09. The van der Waals surface area contributed by atoms with Crippen LogP contribution in [0.3, 0.4) is 0 Å². The molecule has 0 fully saturated rings. The van der Waals surface area contributed by atoms with E-state index in [2.05, 4.69) is 4.51 Å². The van der Waals surface area contributed by atoms with Gasteiger partial charge in [0.15, 0.2) is 0 Å². The van der Waals surface area contributed by atoms with Crippen molar-refractivity contribution in [3.05, 3.63) is 17.7 Å². The lowest BCUT2D eigenvalue weighted by atomic mass is 10.1. The van der Waals surface area contributed by atoms with E-state index in [1.165, 1.54) is 6.92 Å². The van der Waals surface area contributed by atoms with Crippen LogP contribution in [0, 0.1) is 0 Å². The normalized spacial score (nSPS) is 11.7. The van der Waals surface area contributed by atoms with E-state index in [0.717, 1.165) is 12.1 Å². The summed E-state index contributed by atoms with van der Waals surface area (Å²) >= 11 is 5.17. The van der Waals surface area contributed by atoms with E-state index >= 15 is 0 Å². The zero-order valence-corrected chi connectivity index (χ0v) is 7.58. The van der Waals surface area contributed by atoms with Crippen LogP contribution >= 0.6 is 11.8 Å². The van der Waals surface area contributed by atoms with Crippen molar-refractivity contribution >= 4 is 17.5 Å². The molecule has 0 aliphatic carbocycles. The molecule has 0 aliphatic rings. The number of hydrogen-bond acceptors (Lipinski definition) is 4. The molecule has 0 aromatic heterocycles. The monoisotopic (exact) mass is 201 g/mol. The first-order valence-electron chi connectivity index (χ1n) is 3.47. The van der Waals surface area contributed by atoms with Crippen LogP contribution in [0.4, 0.5) is 0 Å². The van der Waals surface area contributed by atoms with Crippen molar-refractivity contribution in [2.45, 2.75) is 6.92 Å². The van der Waals surface area contributed by atoms with Crippen molar-refractivity contribution < 1.29 is 15.3 Å². The van der Waals surface area contributed by atoms with Crippen LogP contribution in [0.25, 0.3) is 0 Å². The van der Waals surface area contributed by atoms with Gasteiger partial charge in [0.25, 0.3) is 0 Å². The molecule has 3 N–H and O–H groups in total. The van der Waals surface area contributed by atoms with Crippen molar-refractivity contribution in [2.75, 3.05) is 0 Å². The topological polar surface area (TPSA) is 73.1 Å². The molecule has 1 aromatic carbocycles. The molecule has 0 heterocycles. The Morgan fingerprint density at radius 3 is 2.08 bits per heavy atom. The molecule has 0 spiro atoms. The Hall–Kier alpha value is -1.42. The van der Waals surface area contributed by atoms with E-state index in [4.69, 9.17) is 16.9 Å². The van der Waals surface area contributed by atoms with Crippen LogP contribution in [0.5, 0.6) is 17.2 Å². The SMILES string of the molecule is C/C(=N\Cl)c1c(O)cc(O)cc1O. The van der Waals surface area contributed by atoms with Gasteiger partial charge in [0, 0.05) is 23.9 Å². The smallest absolute Gasteiger partial charge is 0.132 e. The van der Waals surface area contributed by atoms with Gasteiger partial charge in [0.1, 0.15) is 17.2 Å². The van der Waals surface area contributed by atoms with Crippen LogP contribution in [-0.2, 0) is 0 Å². The Balaban J connectivity index is 3.37. The number of phenolic OH excluding ortho intramolecular Hbond substituents is 3. The number of halogens is 1. The third-order valence-electron chi connectivity index (χ3n) is 1.57. The fraction of sp³-hybridized carbons (Fsp3) is 0.125. The molecule has 0 unspecified atom stereocenters. The van der Waals surface area contributed by atoms with E-state index in [1.807, 2.05) is 0 Å². The minimum absolute atomic E-state index is 0.118. The summed E-state index contributed by atoms with van der Waals surface area (Å²) in [6.45, 7) is 1.53. The van der Waals surface area contributed by atoms with E-state index in [0.29, 0.717) is 0 Å². The first-order valence-corrected chi connectivity index (χ1v) is 3.81. The molecule has 5 heteroatoms. The number of benzene rings is 1. The summed E-state index contributed by atoms with van der Waals surface area (Å²) in [6.07, 6.45) is 0. The molecule has 0 amide bonds. The zero-order valence-electron chi connectivity index (χ0n) is 6.82. The van der Waals surface area contributed by atoms with E-state index in [1.54, 1.807) is 0 Å². The largest absolute Gasteiger partial charge is 0.508 e. The molecule has 1 rings (SSSR count). The van der Waals surface area contributed by atoms with Crippen LogP contribution in [-0.4, -0.2) is 21.0 Å². The molecule has 0 saturated carbocycles. The number of aromatic hydroxyl groups is 3. The summed E-state index contributed by atoms with van der Waals surface area (Å²) in [6, 6.07) is 2.20. The minimum atomic E-state index is -0.264. The molecular formula is C8H8ClNO3.